The molecule has 15 heavy (non-hydrogen) atoms. The second kappa shape index (κ2) is 4.90. The summed E-state index contributed by atoms with van der Waals surface area (Å²) < 4.78 is 34.1. The number of carbonyl (C=O) groups excluding carboxylic acids is 1. The number of ketones is 1. The minimum atomic E-state index is -4.50. The molecule has 0 aliphatic rings. The molecule has 0 N–H and O–H groups in total. The number of halogens is 4. The van der Waals surface area contributed by atoms with Gasteiger partial charge in [0, 0.05) is 5.56 Å². The molecule has 0 saturated carbocycles. The Morgan fingerprint density at radius 3 is 2.27 bits per heavy atom. The Kier molecular flexibility index (Phi) is 4.04. The topological polar surface area (TPSA) is 17.1 Å². The Morgan fingerprint density at radius 2 is 1.80 bits per heavy atom. The minimum Gasteiger partial charge on any atom is -0.292 e. The smallest absolute Gasteiger partial charge is 0.292 e. The number of rotatable bonds is 3. The van der Waals surface area contributed by atoms with Gasteiger partial charge in [-0.25, -0.2) is 0 Å². The molecule has 0 aliphatic carbocycles. The van der Waals surface area contributed by atoms with E-state index in [0.29, 0.717) is 0 Å². The summed E-state index contributed by atoms with van der Waals surface area (Å²) in [4.78, 5) is 11.4. The molecule has 6 heteroatoms. The number of Topliss-reactive ketones (excluding diaryl/α,β-unsaturated/α-hetero) is 1. The number of alkyl halides is 4. The summed E-state index contributed by atoms with van der Waals surface area (Å²) in [5.74, 6) is -0.736. The molecule has 0 spiro atoms. The van der Waals surface area contributed by atoms with E-state index in [9.17, 15) is 18.0 Å². The highest BCUT2D eigenvalue weighted by atomic mass is 35.5. The second-order valence-electron chi connectivity index (χ2n) is 2.61. The molecule has 0 fully saturated rings. The summed E-state index contributed by atoms with van der Waals surface area (Å²) in [5, 5.41) is 0. The Balaban J connectivity index is 2.70. The number of benzene rings is 1. The first-order valence-corrected chi connectivity index (χ1v) is 5.19. The van der Waals surface area contributed by atoms with Crippen LogP contribution in [0.1, 0.15) is 10.4 Å². The third-order valence-corrected chi connectivity index (χ3v) is 2.66. The predicted molar refractivity (Wildman–Crippen MR) is 54.1 cm³/mol. The van der Waals surface area contributed by atoms with E-state index < -0.39 is 27.8 Å². The van der Waals surface area contributed by atoms with E-state index in [1.54, 1.807) is 18.2 Å². The summed E-state index contributed by atoms with van der Waals surface area (Å²) in [5.41, 5.74) is -4.33. The van der Waals surface area contributed by atoms with Crippen molar-refractivity contribution in [2.75, 3.05) is 0 Å². The fraction of sp³-hybridized carbons (Fsp3) is 0.222. The maximum atomic E-state index is 11.9. The van der Waals surface area contributed by atoms with Crippen LogP contribution in [0.2, 0.25) is 0 Å². The molecule has 0 saturated heterocycles. The van der Waals surface area contributed by atoms with Crippen molar-refractivity contribution in [2.24, 2.45) is 0 Å². The number of hydrogen-bond acceptors (Lipinski definition) is 2. The standard InChI is InChI=1S/C9H6ClF3OS/c10-8(15-9(11,12)13)7(14)6-4-2-1-3-5-6/h1-5,8H. The van der Waals surface area contributed by atoms with Gasteiger partial charge in [-0.1, -0.05) is 30.3 Å². The van der Waals surface area contributed by atoms with E-state index in [2.05, 4.69) is 0 Å². The highest BCUT2D eigenvalue weighted by Crippen LogP contribution is 2.36. The largest absolute Gasteiger partial charge is 0.443 e. The first kappa shape index (κ1) is 12.4. The van der Waals surface area contributed by atoms with Crippen LogP contribution in [-0.4, -0.2) is 16.0 Å². The van der Waals surface area contributed by atoms with Crippen LogP contribution in [0.25, 0.3) is 0 Å². The molecule has 1 atom stereocenters. The molecule has 1 aromatic carbocycles. The molecular formula is C9H6ClF3OS. The molecular weight excluding hydrogens is 249 g/mol. The fourth-order valence-corrected chi connectivity index (χ4v) is 1.81. The zero-order valence-corrected chi connectivity index (χ0v) is 8.86. The summed E-state index contributed by atoms with van der Waals surface area (Å²) in [6.45, 7) is 0. The molecule has 82 valence electrons. The molecule has 0 heterocycles. The highest BCUT2D eigenvalue weighted by Gasteiger charge is 2.35. The van der Waals surface area contributed by atoms with E-state index in [0.717, 1.165) is 0 Å². The van der Waals surface area contributed by atoms with Gasteiger partial charge in [0.05, 0.1) is 0 Å². The van der Waals surface area contributed by atoms with Crippen LogP contribution < -0.4 is 0 Å². The maximum Gasteiger partial charge on any atom is 0.443 e. The summed E-state index contributed by atoms with van der Waals surface area (Å²) in [6, 6.07) is 7.64. The van der Waals surface area contributed by atoms with Crippen LogP contribution in [0.15, 0.2) is 30.3 Å². The molecule has 1 nitrogen and oxygen atoms in total. The zero-order valence-electron chi connectivity index (χ0n) is 7.29. The molecule has 0 bridgehead atoms. The number of hydrogen-bond donors (Lipinski definition) is 0. The van der Waals surface area contributed by atoms with E-state index in [1.165, 1.54) is 12.1 Å². The Labute approximate surface area is 93.6 Å². The third-order valence-electron chi connectivity index (χ3n) is 1.50. The Hall–Kier alpha value is -0.680. The van der Waals surface area contributed by atoms with Gasteiger partial charge in [-0.15, -0.1) is 11.6 Å². The minimum absolute atomic E-state index is 0.175. The highest BCUT2D eigenvalue weighted by molar-refractivity contribution is 8.02. The van der Waals surface area contributed by atoms with Gasteiger partial charge in [0.1, 0.15) is 0 Å². The Morgan fingerprint density at radius 1 is 1.27 bits per heavy atom. The van der Waals surface area contributed by atoms with E-state index >= 15 is 0 Å². The first-order valence-electron chi connectivity index (χ1n) is 3.88. The van der Waals surface area contributed by atoms with Crippen molar-refractivity contribution < 1.29 is 18.0 Å². The van der Waals surface area contributed by atoms with Crippen LogP contribution in [0.4, 0.5) is 13.2 Å². The maximum absolute atomic E-state index is 11.9. The molecule has 0 aliphatic heterocycles. The normalized spacial score (nSPS) is 13.6. The van der Waals surface area contributed by atoms with Crippen LogP contribution in [0, 0.1) is 0 Å². The van der Waals surface area contributed by atoms with Crippen LogP contribution in [0.3, 0.4) is 0 Å². The van der Waals surface area contributed by atoms with Crippen molar-refractivity contribution in [2.45, 2.75) is 10.2 Å². The lowest BCUT2D eigenvalue weighted by Gasteiger charge is -2.10. The average molecular weight is 255 g/mol. The lowest BCUT2D eigenvalue weighted by Crippen LogP contribution is -2.16. The number of thioether (sulfide) groups is 1. The molecule has 1 rings (SSSR count). The molecule has 0 aromatic heterocycles. The van der Waals surface area contributed by atoms with Crippen molar-refractivity contribution in [1.82, 2.24) is 0 Å². The van der Waals surface area contributed by atoms with E-state index in [4.69, 9.17) is 11.6 Å². The van der Waals surface area contributed by atoms with Gasteiger partial charge in [0.2, 0.25) is 0 Å². The lowest BCUT2D eigenvalue weighted by molar-refractivity contribution is -0.0329. The number of carbonyl (C=O) groups is 1. The van der Waals surface area contributed by atoms with Gasteiger partial charge in [-0.2, -0.15) is 13.2 Å². The molecule has 1 unspecified atom stereocenters. The van der Waals surface area contributed by atoms with Gasteiger partial charge in [-0.3, -0.25) is 4.79 Å². The van der Waals surface area contributed by atoms with Crippen molar-refractivity contribution in [3.8, 4) is 0 Å². The van der Waals surface area contributed by atoms with Gasteiger partial charge in [-0.05, 0) is 11.8 Å². The first-order chi connectivity index (χ1) is 6.90. The van der Waals surface area contributed by atoms with Crippen LogP contribution in [0.5, 0.6) is 0 Å². The van der Waals surface area contributed by atoms with Gasteiger partial charge in [0.15, 0.2) is 10.5 Å². The van der Waals surface area contributed by atoms with Gasteiger partial charge >= 0.3 is 5.51 Å². The van der Waals surface area contributed by atoms with Crippen LogP contribution >= 0.6 is 23.4 Å². The third kappa shape index (κ3) is 4.13. The zero-order chi connectivity index (χ0) is 11.5. The lowest BCUT2D eigenvalue weighted by atomic mass is 10.1. The Bertz CT molecular complexity index is 339. The van der Waals surface area contributed by atoms with Crippen molar-refractivity contribution in [1.29, 1.82) is 0 Å². The van der Waals surface area contributed by atoms with Crippen molar-refractivity contribution >= 4 is 29.1 Å². The summed E-state index contributed by atoms with van der Waals surface area (Å²) in [7, 11) is 0. The fourth-order valence-electron chi connectivity index (χ4n) is 0.904. The molecule has 0 amide bonds. The SMILES string of the molecule is O=C(c1ccccc1)C(Cl)SC(F)(F)F. The quantitative estimate of drug-likeness (QED) is 0.605. The van der Waals surface area contributed by atoms with Crippen molar-refractivity contribution in [3.05, 3.63) is 35.9 Å². The van der Waals surface area contributed by atoms with Gasteiger partial charge < -0.3 is 0 Å². The van der Waals surface area contributed by atoms with E-state index in [-0.39, 0.29) is 5.56 Å². The van der Waals surface area contributed by atoms with Gasteiger partial charge in [0.25, 0.3) is 0 Å². The van der Waals surface area contributed by atoms with E-state index in [1.807, 2.05) is 0 Å². The molecule has 1 aromatic rings. The summed E-state index contributed by atoms with van der Waals surface area (Å²) in [6.07, 6.45) is 0. The molecule has 0 radical (unpaired) electrons. The average Bonchev–Trinajstić information content (AvgIpc) is 2.15. The van der Waals surface area contributed by atoms with Crippen molar-refractivity contribution in [3.63, 3.8) is 0 Å². The summed E-state index contributed by atoms with van der Waals surface area (Å²) >= 11 is 4.82. The second-order valence-corrected chi connectivity index (χ2v) is 4.48. The monoisotopic (exact) mass is 254 g/mol. The predicted octanol–water partition coefficient (Wildman–Crippen LogP) is 3.69. The van der Waals surface area contributed by atoms with Crippen LogP contribution in [-0.2, 0) is 0 Å².